The van der Waals surface area contributed by atoms with E-state index in [2.05, 4.69) is 35.8 Å². The summed E-state index contributed by atoms with van der Waals surface area (Å²) < 4.78 is 26.5. The normalized spacial score (nSPS) is 13.9. The van der Waals surface area contributed by atoms with Gasteiger partial charge in [0.25, 0.3) is 5.56 Å². The molecule has 0 spiro atoms. The zero-order valence-electron chi connectivity index (χ0n) is 17.9. The van der Waals surface area contributed by atoms with Crippen LogP contribution in [0.5, 0.6) is 5.75 Å². The number of benzene rings is 1. The Morgan fingerprint density at radius 1 is 1.24 bits per heavy atom. The Morgan fingerprint density at radius 3 is 2.56 bits per heavy atom. The van der Waals surface area contributed by atoms with E-state index in [0.717, 1.165) is 21.3 Å². The van der Waals surface area contributed by atoms with Crippen molar-refractivity contribution in [3.8, 4) is 11.4 Å². The summed E-state index contributed by atoms with van der Waals surface area (Å²) in [5.74, 6) is -1.01. The maximum atomic E-state index is 14.1. The van der Waals surface area contributed by atoms with Gasteiger partial charge in [-0.2, -0.15) is 9.78 Å². The predicted molar refractivity (Wildman–Crippen MR) is 123 cm³/mol. The third-order valence-corrected chi connectivity index (χ3v) is 5.61. The van der Waals surface area contributed by atoms with Crippen LogP contribution in [0.2, 0.25) is 0 Å². The van der Waals surface area contributed by atoms with E-state index in [0.29, 0.717) is 31.9 Å². The highest BCUT2D eigenvalue weighted by atomic mass is 79.9. The van der Waals surface area contributed by atoms with Crippen molar-refractivity contribution >= 4 is 33.5 Å². The van der Waals surface area contributed by atoms with Crippen molar-refractivity contribution in [1.82, 2.24) is 19.7 Å². The van der Waals surface area contributed by atoms with Gasteiger partial charge in [0.1, 0.15) is 11.9 Å². The van der Waals surface area contributed by atoms with E-state index in [1.165, 1.54) is 19.2 Å². The number of piperidine rings is 1. The number of rotatable bonds is 5. The Hall–Kier alpha value is -3.85. The Kier molecular flexibility index (Phi) is 6.83. The molecule has 1 aliphatic rings. The van der Waals surface area contributed by atoms with E-state index in [-0.39, 0.29) is 28.9 Å². The second-order valence-corrected chi connectivity index (χ2v) is 8.27. The SMILES string of the molecule is [C-]#[N+]c1ccc(-n2nc(C(=O)OC)c(OC3CCN(c4ncc(Br)cn4)CC3)cc2=O)cc1F. The number of anilines is 1. The molecule has 3 aromatic rings. The van der Waals surface area contributed by atoms with Gasteiger partial charge in [-0.25, -0.2) is 24.0 Å². The summed E-state index contributed by atoms with van der Waals surface area (Å²) >= 11 is 3.31. The lowest BCUT2D eigenvalue weighted by atomic mass is 10.1. The summed E-state index contributed by atoms with van der Waals surface area (Å²) in [5.41, 5.74) is -0.965. The van der Waals surface area contributed by atoms with Gasteiger partial charge < -0.3 is 14.4 Å². The van der Waals surface area contributed by atoms with Crippen LogP contribution in [0.4, 0.5) is 16.0 Å². The molecule has 0 radical (unpaired) electrons. The van der Waals surface area contributed by atoms with Crippen LogP contribution >= 0.6 is 15.9 Å². The van der Waals surface area contributed by atoms with Crippen molar-refractivity contribution in [2.45, 2.75) is 18.9 Å². The lowest BCUT2D eigenvalue weighted by Crippen LogP contribution is -2.39. The summed E-state index contributed by atoms with van der Waals surface area (Å²) in [6.45, 7) is 8.19. The fourth-order valence-corrected chi connectivity index (χ4v) is 3.70. The number of ether oxygens (including phenoxy) is 2. The molecule has 1 aliphatic heterocycles. The van der Waals surface area contributed by atoms with Crippen LogP contribution in [-0.2, 0) is 4.74 Å². The van der Waals surface area contributed by atoms with Crippen LogP contribution in [0.25, 0.3) is 10.5 Å². The molecule has 0 aliphatic carbocycles. The molecule has 1 aromatic carbocycles. The van der Waals surface area contributed by atoms with Gasteiger partial charge >= 0.3 is 5.97 Å². The highest BCUT2D eigenvalue weighted by Gasteiger charge is 2.26. The Balaban J connectivity index is 1.56. The van der Waals surface area contributed by atoms with Crippen LogP contribution in [-0.4, -0.2) is 52.0 Å². The third-order valence-electron chi connectivity index (χ3n) is 5.20. The van der Waals surface area contributed by atoms with Crippen LogP contribution in [0.15, 0.2) is 45.9 Å². The number of carbonyl (C=O) groups is 1. The van der Waals surface area contributed by atoms with Crippen LogP contribution < -0.4 is 15.2 Å². The van der Waals surface area contributed by atoms with Crippen molar-refractivity contribution in [3.05, 3.63) is 74.4 Å². The first-order valence-electron chi connectivity index (χ1n) is 10.2. The van der Waals surface area contributed by atoms with Crippen molar-refractivity contribution in [1.29, 1.82) is 0 Å². The molecule has 0 bridgehead atoms. The third kappa shape index (κ3) is 4.89. The van der Waals surface area contributed by atoms with Gasteiger partial charge in [0.15, 0.2) is 5.75 Å². The average Bonchev–Trinajstić information content (AvgIpc) is 2.85. The molecule has 0 N–H and O–H groups in total. The maximum absolute atomic E-state index is 14.1. The Morgan fingerprint density at radius 2 is 1.94 bits per heavy atom. The molecule has 10 nitrogen and oxygen atoms in total. The first kappa shape index (κ1) is 23.3. The van der Waals surface area contributed by atoms with Gasteiger partial charge in [0.05, 0.1) is 29.9 Å². The highest BCUT2D eigenvalue weighted by molar-refractivity contribution is 9.10. The van der Waals surface area contributed by atoms with E-state index in [1.54, 1.807) is 12.4 Å². The molecule has 0 unspecified atom stereocenters. The Labute approximate surface area is 201 Å². The summed E-state index contributed by atoms with van der Waals surface area (Å²) in [6, 6.07) is 4.73. The number of carbonyl (C=O) groups excluding carboxylic acids is 1. The van der Waals surface area contributed by atoms with E-state index in [1.807, 2.05) is 4.90 Å². The fraction of sp³-hybridized carbons (Fsp3) is 0.273. The molecule has 4 rings (SSSR count). The first-order chi connectivity index (χ1) is 16.4. The molecule has 1 fully saturated rings. The minimum Gasteiger partial charge on any atom is -0.487 e. The van der Waals surface area contributed by atoms with Gasteiger partial charge in [0, 0.05) is 38.3 Å². The fourth-order valence-electron chi connectivity index (χ4n) is 3.49. The van der Waals surface area contributed by atoms with Gasteiger partial charge in [-0.15, -0.1) is 0 Å². The molecule has 1 saturated heterocycles. The molecule has 12 heteroatoms. The number of hydrogen-bond acceptors (Lipinski definition) is 8. The quantitative estimate of drug-likeness (QED) is 0.367. The largest absolute Gasteiger partial charge is 0.487 e. The van der Waals surface area contributed by atoms with Crippen molar-refractivity contribution in [2.75, 3.05) is 25.1 Å². The molecular weight excluding hydrogens is 511 g/mol. The van der Waals surface area contributed by atoms with E-state index in [4.69, 9.17) is 16.0 Å². The second-order valence-electron chi connectivity index (χ2n) is 7.35. The number of hydrogen-bond donors (Lipinski definition) is 0. The maximum Gasteiger partial charge on any atom is 0.362 e. The van der Waals surface area contributed by atoms with Gasteiger partial charge in [-0.1, -0.05) is 6.07 Å². The average molecular weight is 529 g/mol. The highest BCUT2D eigenvalue weighted by Crippen LogP contribution is 2.25. The molecule has 0 amide bonds. The monoisotopic (exact) mass is 528 g/mol. The van der Waals surface area contributed by atoms with Crippen molar-refractivity contribution in [2.24, 2.45) is 0 Å². The summed E-state index contributed by atoms with van der Waals surface area (Å²) in [4.78, 5) is 38.8. The minimum atomic E-state index is -0.803. The first-order valence-corrected chi connectivity index (χ1v) is 11.0. The molecule has 174 valence electrons. The van der Waals surface area contributed by atoms with Crippen molar-refractivity contribution in [3.63, 3.8) is 0 Å². The van der Waals surface area contributed by atoms with E-state index >= 15 is 0 Å². The topological polar surface area (TPSA) is 104 Å². The number of aromatic nitrogens is 4. The zero-order chi connectivity index (χ0) is 24.2. The number of methoxy groups -OCH3 is 1. The molecule has 0 saturated carbocycles. The smallest absolute Gasteiger partial charge is 0.362 e. The number of halogens is 2. The van der Waals surface area contributed by atoms with Crippen molar-refractivity contribution < 1.29 is 18.7 Å². The second kappa shape index (κ2) is 9.96. The van der Waals surface area contributed by atoms with Gasteiger partial charge in [0.2, 0.25) is 17.3 Å². The predicted octanol–water partition coefficient (Wildman–Crippen LogP) is 3.31. The van der Waals surface area contributed by atoms with Crippen LogP contribution in [0, 0.1) is 12.4 Å². The van der Waals surface area contributed by atoms with Crippen LogP contribution in [0.3, 0.4) is 0 Å². The Bertz CT molecular complexity index is 1320. The summed E-state index contributed by atoms with van der Waals surface area (Å²) in [5, 5.41) is 4.07. The van der Waals surface area contributed by atoms with Gasteiger partial charge in [-0.05, 0) is 28.1 Å². The minimum absolute atomic E-state index is 0.00954. The standard InChI is InChI=1S/C22H18BrFN6O4/c1-25-17-4-3-14(9-16(17)24)30-19(31)10-18(20(28-30)21(32)33-2)34-15-5-7-29(8-6-15)22-26-11-13(23)12-27-22/h3-4,9-12,15H,5-8H2,2H3. The zero-order valence-corrected chi connectivity index (χ0v) is 19.5. The number of nitrogens with zero attached hydrogens (tertiary/aromatic N) is 6. The molecule has 2 aromatic heterocycles. The van der Waals surface area contributed by atoms with E-state index in [9.17, 15) is 14.0 Å². The van der Waals surface area contributed by atoms with E-state index < -0.39 is 17.3 Å². The summed E-state index contributed by atoms with van der Waals surface area (Å²) in [6.07, 6.45) is 4.28. The van der Waals surface area contributed by atoms with Gasteiger partial charge in [-0.3, -0.25) is 4.79 Å². The molecule has 3 heterocycles. The molecular formula is C22H18BrFN6O4. The lowest BCUT2D eigenvalue weighted by molar-refractivity contribution is 0.0581. The molecule has 34 heavy (non-hydrogen) atoms. The lowest BCUT2D eigenvalue weighted by Gasteiger charge is -2.32. The molecule has 0 atom stereocenters. The van der Waals surface area contributed by atoms with Crippen LogP contribution in [0.1, 0.15) is 23.3 Å². The summed E-state index contributed by atoms with van der Waals surface area (Å²) in [7, 11) is 1.18. The number of esters is 1.